The van der Waals surface area contributed by atoms with Crippen molar-refractivity contribution < 1.29 is 9.21 Å². The van der Waals surface area contributed by atoms with Crippen LogP contribution in [0.3, 0.4) is 0 Å². The van der Waals surface area contributed by atoms with E-state index in [4.69, 9.17) is 4.42 Å². The Balaban J connectivity index is 1.67. The molecule has 2 aromatic heterocycles. The molecule has 0 radical (unpaired) electrons. The number of rotatable bonds is 4. The van der Waals surface area contributed by atoms with Crippen LogP contribution in [0.15, 0.2) is 58.1 Å². The monoisotopic (exact) mass is 339 g/mol. The van der Waals surface area contributed by atoms with E-state index in [1.165, 1.54) is 17.0 Å². The van der Waals surface area contributed by atoms with Crippen molar-refractivity contribution in [2.45, 2.75) is 13.0 Å². The molecule has 3 aromatic rings. The van der Waals surface area contributed by atoms with Crippen molar-refractivity contribution in [3.63, 3.8) is 0 Å². The number of oxazole rings is 1. The summed E-state index contributed by atoms with van der Waals surface area (Å²) < 4.78 is 7.02. The van der Waals surface area contributed by atoms with Gasteiger partial charge < -0.3 is 14.3 Å². The summed E-state index contributed by atoms with van der Waals surface area (Å²) in [7, 11) is 1.58. The molecule has 2 heterocycles. The maximum absolute atomic E-state index is 12.1. The van der Waals surface area contributed by atoms with Crippen LogP contribution >= 0.6 is 0 Å². The second-order valence-corrected chi connectivity index (χ2v) is 5.44. The maximum Gasteiger partial charge on any atom is 0.321 e. The molecular weight excluding hydrogens is 322 g/mol. The molecule has 0 bridgehead atoms. The quantitative estimate of drug-likeness (QED) is 0.759. The number of hydrogen-bond acceptors (Lipinski definition) is 5. The minimum atomic E-state index is -0.567. The van der Waals surface area contributed by atoms with Gasteiger partial charge in [0.15, 0.2) is 5.76 Å². The molecule has 8 nitrogen and oxygen atoms in total. The molecule has 3 rings (SSSR count). The Labute approximate surface area is 143 Å². The highest BCUT2D eigenvalue weighted by Crippen LogP contribution is 2.22. The van der Waals surface area contributed by atoms with Gasteiger partial charge in [0.05, 0.1) is 6.20 Å². The van der Waals surface area contributed by atoms with Gasteiger partial charge in [-0.25, -0.2) is 14.8 Å². The minimum absolute atomic E-state index is 0.0490. The average Bonchev–Trinajstić information content (AvgIpc) is 3.10. The lowest BCUT2D eigenvalue weighted by atomic mass is 10.2. The van der Waals surface area contributed by atoms with Crippen LogP contribution in [0.2, 0.25) is 0 Å². The van der Waals surface area contributed by atoms with Crippen LogP contribution in [-0.2, 0) is 7.05 Å². The molecule has 1 atom stereocenters. The SMILES string of the molecule is C[C@@H](NC(=O)Nc1nccn(C)c1=O)c1ncc(-c2ccccc2)o1. The van der Waals surface area contributed by atoms with E-state index in [0.29, 0.717) is 11.7 Å². The first-order valence-electron chi connectivity index (χ1n) is 7.65. The molecule has 25 heavy (non-hydrogen) atoms. The predicted molar refractivity (Wildman–Crippen MR) is 92.0 cm³/mol. The number of urea groups is 1. The number of aryl methyl sites for hydroxylation is 1. The molecule has 128 valence electrons. The fraction of sp³-hybridized carbons (Fsp3) is 0.176. The van der Waals surface area contributed by atoms with E-state index in [-0.39, 0.29) is 5.82 Å². The fourth-order valence-electron chi connectivity index (χ4n) is 2.21. The van der Waals surface area contributed by atoms with Crippen LogP contribution in [0.5, 0.6) is 0 Å². The normalized spacial score (nSPS) is 11.8. The lowest BCUT2D eigenvalue weighted by molar-refractivity contribution is 0.247. The van der Waals surface area contributed by atoms with Crippen molar-refractivity contribution in [3.8, 4) is 11.3 Å². The Kier molecular flexibility index (Phi) is 4.60. The third-order valence-electron chi connectivity index (χ3n) is 3.55. The predicted octanol–water partition coefficient (Wildman–Crippen LogP) is 2.32. The zero-order valence-electron chi connectivity index (χ0n) is 13.8. The minimum Gasteiger partial charge on any atom is -0.438 e. The second kappa shape index (κ2) is 7.00. The molecule has 2 N–H and O–H groups in total. The Morgan fingerprint density at radius 3 is 2.76 bits per heavy atom. The van der Waals surface area contributed by atoms with E-state index >= 15 is 0 Å². The molecule has 2 amide bonds. The van der Waals surface area contributed by atoms with Crippen LogP contribution in [0.25, 0.3) is 11.3 Å². The van der Waals surface area contributed by atoms with E-state index in [1.807, 2.05) is 30.3 Å². The molecule has 0 unspecified atom stereocenters. The lowest BCUT2D eigenvalue weighted by Gasteiger charge is -2.11. The molecule has 0 spiro atoms. The van der Waals surface area contributed by atoms with Crippen molar-refractivity contribution in [2.24, 2.45) is 7.05 Å². The molecule has 1 aromatic carbocycles. The highest BCUT2D eigenvalue weighted by atomic mass is 16.4. The van der Waals surface area contributed by atoms with Crippen molar-refractivity contribution in [1.29, 1.82) is 0 Å². The number of nitrogens with zero attached hydrogens (tertiary/aromatic N) is 3. The molecular formula is C17H17N5O3. The Morgan fingerprint density at radius 2 is 2.00 bits per heavy atom. The smallest absolute Gasteiger partial charge is 0.321 e. The van der Waals surface area contributed by atoms with E-state index in [9.17, 15) is 9.59 Å². The molecule has 0 aliphatic heterocycles. The summed E-state index contributed by atoms with van der Waals surface area (Å²) in [6.07, 6.45) is 4.54. The van der Waals surface area contributed by atoms with Gasteiger partial charge in [-0.15, -0.1) is 0 Å². The number of benzene rings is 1. The number of carbonyl (C=O) groups excluding carboxylic acids is 1. The molecule has 0 saturated carbocycles. The van der Waals surface area contributed by atoms with Crippen molar-refractivity contribution in [2.75, 3.05) is 5.32 Å². The van der Waals surface area contributed by atoms with Crippen LogP contribution in [0.1, 0.15) is 18.9 Å². The third-order valence-corrected chi connectivity index (χ3v) is 3.55. The van der Waals surface area contributed by atoms with Crippen LogP contribution in [0.4, 0.5) is 10.6 Å². The van der Waals surface area contributed by atoms with Gasteiger partial charge in [-0.2, -0.15) is 0 Å². The van der Waals surface area contributed by atoms with Gasteiger partial charge in [0.1, 0.15) is 6.04 Å². The first-order valence-corrected chi connectivity index (χ1v) is 7.65. The van der Waals surface area contributed by atoms with Crippen LogP contribution in [0, 0.1) is 0 Å². The Morgan fingerprint density at radius 1 is 1.24 bits per heavy atom. The molecule has 8 heteroatoms. The van der Waals surface area contributed by atoms with Crippen molar-refractivity contribution in [1.82, 2.24) is 19.9 Å². The molecule has 0 aliphatic rings. The first-order chi connectivity index (χ1) is 12.0. The zero-order chi connectivity index (χ0) is 17.8. The molecule has 0 saturated heterocycles. The summed E-state index contributed by atoms with van der Waals surface area (Å²) in [5.41, 5.74) is 0.502. The van der Waals surface area contributed by atoms with Gasteiger partial charge in [0.25, 0.3) is 5.56 Å². The topological polar surface area (TPSA) is 102 Å². The van der Waals surface area contributed by atoms with Gasteiger partial charge in [-0.3, -0.25) is 10.1 Å². The molecule has 0 fully saturated rings. The van der Waals surface area contributed by atoms with Crippen LogP contribution in [-0.4, -0.2) is 20.6 Å². The fourth-order valence-corrected chi connectivity index (χ4v) is 2.21. The number of hydrogen-bond donors (Lipinski definition) is 2. The van der Waals surface area contributed by atoms with E-state index in [1.54, 1.807) is 20.2 Å². The highest BCUT2D eigenvalue weighted by Gasteiger charge is 2.17. The number of nitrogens with one attached hydrogen (secondary N) is 2. The standard InChI is InChI=1S/C17H17N5O3/c1-11(15-19-10-13(25-15)12-6-4-3-5-7-12)20-17(24)21-14-16(23)22(2)9-8-18-14/h3-11H,1-2H3,(H2,18,20,21,24)/t11-/m1/s1. The zero-order valence-corrected chi connectivity index (χ0v) is 13.8. The van der Waals surface area contributed by atoms with Gasteiger partial charge >= 0.3 is 6.03 Å². The van der Waals surface area contributed by atoms with E-state index in [2.05, 4.69) is 20.6 Å². The summed E-state index contributed by atoms with van der Waals surface area (Å²) in [6.45, 7) is 1.73. The highest BCUT2D eigenvalue weighted by molar-refractivity contribution is 5.88. The summed E-state index contributed by atoms with van der Waals surface area (Å²) in [6, 6.07) is 8.49. The van der Waals surface area contributed by atoms with Gasteiger partial charge in [-0.05, 0) is 6.92 Å². The lowest BCUT2D eigenvalue weighted by Crippen LogP contribution is -2.34. The molecule has 0 aliphatic carbocycles. The number of aromatic nitrogens is 3. The summed E-state index contributed by atoms with van der Waals surface area (Å²) >= 11 is 0. The largest absolute Gasteiger partial charge is 0.438 e. The Bertz CT molecular complexity index is 933. The summed E-state index contributed by atoms with van der Waals surface area (Å²) in [5.74, 6) is 0.929. The van der Waals surface area contributed by atoms with E-state index in [0.717, 1.165) is 5.56 Å². The van der Waals surface area contributed by atoms with Crippen LogP contribution < -0.4 is 16.2 Å². The number of amides is 2. The Hall–Kier alpha value is -3.42. The van der Waals surface area contributed by atoms with Crippen molar-refractivity contribution in [3.05, 3.63) is 65.2 Å². The summed E-state index contributed by atoms with van der Waals surface area (Å²) in [4.78, 5) is 32.0. The van der Waals surface area contributed by atoms with Gasteiger partial charge in [-0.1, -0.05) is 30.3 Å². The van der Waals surface area contributed by atoms with Gasteiger partial charge in [0, 0.05) is 25.0 Å². The summed E-state index contributed by atoms with van der Waals surface area (Å²) in [5, 5.41) is 5.09. The number of anilines is 1. The average molecular weight is 339 g/mol. The van der Waals surface area contributed by atoms with Gasteiger partial charge in [0.2, 0.25) is 11.7 Å². The number of carbonyl (C=O) groups is 1. The third kappa shape index (κ3) is 3.74. The second-order valence-electron chi connectivity index (χ2n) is 5.44. The van der Waals surface area contributed by atoms with Crippen molar-refractivity contribution >= 4 is 11.8 Å². The van der Waals surface area contributed by atoms with E-state index < -0.39 is 17.6 Å². The first kappa shape index (κ1) is 16.4. The maximum atomic E-state index is 12.1.